The lowest BCUT2D eigenvalue weighted by atomic mass is 10.1. The van der Waals surface area contributed by atoms with Crippen LogP contribution in [-0.4, -0.2) is 38.9 Å². The van der Waals surface area contributed by atoms with E-state index in [0.717, 1.165) is 30.6 Å². The minimum atomic E-state index is -3.43. The van der Waals surface area contributed by atoms with Gasteiger partial charge in [0.25, 0.3) is 0 Å². The highest BCUT2D eigenvalue weighted by atomic mass is 32.2. The normalized spacial score (nSPS) is 16.2. The van der Waals surface area contributed by atoms with E-state index in [1.807, 2.05) is 32.0 Å². The highest BCUT2D eigenvalue weighted by molar-refractivity contribution is 7.89. The Hall–Kier alpha value is -1.85. The van der Waals surface area contributed by atoms with Crippen LogP contribution in [0.15, 0.2) is 47.4 Å². The molecule has 0 unspecified atom stereocenters. The molecule has 0 N–H and O–H groups in total. The monoisotopic (exact) mass is 358 g/mol. The average molecular weight is 359 g/mol. The van der Waals surface area contributed by atoms with Crippen molar-refractivity contribution in [2.45, 2.75) is 32.1 Å². The summed E-state index contributed by atoms with van der Waals surface area (Å²) in [5.41, 5.74) is 4.33. The van der Waals surface area contributed by atoms with Crippen molar-refractivity contribution in [1.82, 2.24) is 4.31 Å². The van der Waals surface area contributed by atoms with Crippen LogP contribution in [0.3, 0.4) is 0 Å². The molecule has 3 rings (SSSR count). The number of para-hydroxylation sites is 1. The zero-order chi connectivity index (χ0) is 18.0. The van der Waals surface area contributed by atoms with Gasteiger partial charge in [-0.05, 0) is 49.1 Å². The summed E-state index contributed by atoms with van der Waals surface area (Å²) in [7, 11) is -3.43. The lowest BCUT2D eigenvalue weighted by molar-refractivity contribution is 0.384. The van der Waals surface area contributed by atoms with Crippen LogP contribution >= 0.6 is 0 Å². The molecular weight excluding hydrogens is 332 g/mol. The van der Waals surface area contributed by atoms with Crippen molar-refractivity contribution in [1.29, 1.82) is 0 Å². The fourth-order valence-electron chi connectivity index (χ4n) is 3.41. The number of aryl methyl sites for hydroxylation is 3. The molecule has 0 atom stereocenters. The van der Waals surface area contributed by atoms with E-state index in [0.29, 0.717) is 18.0 Å². The van der Waals surface area contributed by atoms with Gasteiger partial charge in [0.05, 0.1) is 4.90 Å². The summed E-state index contributed by atoms with van der Waals surface area (Å²) < 4.78 is 27.7. The molecule has 1 heterocycles. The van der Waals surface area contributed by atoms with Gasteiger partial charge < -0.3 is 4.90 Å². The van der Waals surface area contributed by atoms with Gasteiger partial charge in [-0.2, -0.15) is 4.31 Å². The maximum absolute atomic E-state index is 13.0. The van der Waals surface area contributed by atoms with E-state index in [1.54, 1.807) is 10.4 Å². The Morgan fingerprint density at radius 2 is 1.64 bits per heavy atom. The van der Waals surface area contributed by atoms with Crippen LogP contribution in [-0.2, 0) is 16.4 Å². The minimum absolute atomic E-state index is 0.440. The maximum Gasteiger partial charge on any atom is 0.243 e. The Bertz CT molecular complexity index is 854. The molecule has 2 aromatic carbocycles. The third-order valence-corrected chi connectivity index (χ3v) is 6.95. The molecule has 25 heavy (non-hydrogen) atoms. The number of anilines is 1. The summed E-state index contributed by atoms with van der Waals surface area (Å²) in [6.07, 6.45) is 0.983. The van der Waals surface area contributed by atoms with E-state index in [4.69, 9.17) is 0 Å². The first-order chi connectivity index (χ1) is 11.9. The first-order valence-electron chi connectivity index (χ1n) is 8.83. The van der Waals surface area contributed by atoms with E-state index in [-0.39, 0.29) is 0 Å². The molecule has 1 saturated heterocycles. The Kier molecular flexibility index (Phi) is 5.16. The summed E-state index contributed by atoms with van der Waals surface area (Å²) in [6.45, 7) is 8.43. The zero-order valence-electron chi connectivity index (χ0n) is 15.2. The number of benzene rings is 2. The van der Waals surface area contributed by atoms with Gasteiger partial charge in [0.1, 0.15) is 0 Å². The van der Waals surface area contributed by atoms with E-state index < -0.39 is 10.0 Å². The number of hydrogen-bond donors (Lipinski definition) is 0. The van der Waals surface area contributed by atoms with Gasteiger partial charge in [-0.25, -0.2) is 8.42 Å². The maximum atomic E-state index is 13.0. The van der Waals surface area contributed by atoms with Crippen molar-refractivity contribution >= 4 is 15.7 Å². The van der Waals surface area contributed by atoms with Crippen LogP contribution in [0.25, 0.3) is 0 Å². The fourth-order valence-corrected chi connectivity index (χ4v) is 5.14. The minimum Gasteiger partial charge on any atom is -0.369 e. The van der Waals surface area contributed by atoms with Crippen molar-refractivity contribution < 1.29 is 8.42 Å². The molecule has 2 aromatic rings. The van der Waals surface area contributed by atoms with E-state index >= 15 is 0 Å². The third kappa shape index (κ3) is 3.58. The van der Waals surface area contributed by atoms with Crippen LogP contribution in [0, 0.1) is 13.8 Å². The number of hydrogen-bond acceptors (Lipinski definition) is 3. The highest BCUT2D eigenvalue weighted by Gasteiger charge is 2.30. The van der Waals surface area contributed by atoms with E-state index in [9.17, 15) is 8.42 Å². The van der Waals surface area contributed by atoms with Crippen molar-refractivity contribution in [2.75, 3.05) is 31.1 Å². The molecule has 1 aliphatic heterocycles. The van der Waals surface area contributed by atoms with E-state index in [2.05, 4.69) is 30.0 Å². The molecule has 4 nitrogen and oxygen atoms in total. The molecule has 0 radical (unpaired) electrons. The lowest BCUT2D eigenvalue weighted by Crippen LogP contribution is -2.49. The Morgan fingerprint density at radius 1 is 0.960 bits per heavy atom. The standard InChI is InChI=1S/C20H26N2O2S/c1-4-18-7-5-6-8-19(18)21-11-13-22(14-12-21)25(23,24)20-15-16(2)9-10-17(20)3/h5-10,15H,4,11-14H2,1-3H3. The van der Waals surface area contributed by atoms with Crippen molar-refractivity contribution in [3.63, 3.8) is 0 Å². The second-order valence-electron chi connectivity index (χ2n) is 6.64. The van der Waals surface area contributed by atoms with Crippen molar-refractivity contribution in [3.05, 3.63) is 59.2 Å². The predicted molar refractivity (Wildman–Crippen MR) is 103 cm³/mol. The first kappa shape index (κ1) is 18.0. The van der Waals surface area contributed by atoms with Crippen LogP contribution in [0.4, 0.5) is 5.69 Å². The summed E-state index contributed by atoms with van der Waals surface area (Å²) in [5, 5.41) is 0. The van der Waals surface area contributed by atoms with Gasteiger partial charge in [-0.15, -0.1) is 0 Å². The van der Waals surface area contributed by atoms with Crippen LogP contribution in [0.1, 0.15) is 23.6 Å². The topological polar surface area (TPSA) is 40.6 Å². The quantitative estimate of drug-likeness (QED) is 0.841. The highest BCUT2D eigenvalue weighted by Crippen LogP contribution is 2.26. The smallest absolute Gasteiger partial charge is 0.243 e. The number of rotatable bonds is 4. The fraction of sp³-hybridized carbons (Fsp3) is 0.400. The Labute approximate surface area is 151 Å². The van der Waals surface area contributed by atoms with Gasteiger partial charge in [0, 0.05) is 31.9 Å². The van der Waals surface area contributed by atoms with Crippen molar-refractivity contribution in [3.8, 4) is 0 Å². The van der Waals surface area contributed by atoms with Gasteiger partial charge >= 0.3 is 0 Å². The average Bonchev–Trinajstić information content (AvgIpc) is 2.63. The molecule has 0 saturated carbocycles. The van der Waals surface area contributed by atoms with E-state index in [1.165, 1.54) is 11.3 Å². The van der Waals surface area contributed by atoms with Crippen LogP contribution in [0.5, 0.6) is 0 Å². The largest absolute Gasteiger partial charge is 0.369 e. The second-order valence-corrected chi connectivity index (χ2v) is 8.55. The predicted octanol–water partition coefficient (Wildman–Crippen LogP) is 3.38. The van der Waals surface area contributed by atoms with Crippen molar-refractivity contribution in [2.24, 2.45) is 0 Å². The summed E-state index contributed by atoms with van der Waals surface area (Å²) in [5.74, 6) is 0. The lowest BCUT2D eigenvalue weighted by Gasteiger charge is -2.36. The Morgan fingerprint density at radius 3 is 2.32 bits per heavy atom. The molecule has 0 spiro atoms. The molecule has 0 aliphatic carbocycles. The first-order valence-corrected chi connectivity index (χ1v) is 10.3. The molecule has 1 fully saturated rings. The summed E-state index contributed by atoms with van der Waals surface area (Å²) >= 11 is 0. The Balaban J connectivity index is 1.79. The molecule has 0 bridgehead atoms. The van der Waals surface area contributed by atoms with Crippen LogP contribution in [0.2, 0.25) is 0 Å². The molecule has 0 amide bonds. The second kappa shape index (κ2) is 7.18. The van der Waals surface area contributed by atoms with Gasteiger partial charge in [0.2, 0.25) is 10.0 Å². The zero-order valence-corrected chi connectivity index (χ0v) is 16.0. The third-order valence-electron chi connectivity index (χ3n) is 4.91. The SMILES string of the molecule is CCc1ccccc1N1CCN(S(=O)(=O)c2cc(C)ccc2C)CC1. The number of sulfonamides is 1. The molecule has 5 heteroatoms. The number of piperazine rings is 1. The summed E-state index contributed by atoms with van der Waals surface area (Å²) in [6, 6.07) is 14.0. The molecular formula is C20H26N2O2S. The van der Waals surface area contributed by atoms with Crippen LogP contribution < -0.4 is 4.90 Å². The molecule has 0 aromatic heterocycles. The van der Waals surface area contributed by atoms with Gasteiger partial charge in [-0.3, -0.25) is 0 Å². The van der Waals surface area contributed by atoms with Gasteiger partial charge in [0.15, 0.2) is 0 Å². The van der Waals surface area contributed by atoms with Gasteiger partial charge in [-0.1, -0.05) is 37.3 Å². The number of nitrogens with zero attached hydrogens (tertiary/aromatic N) is 2. The summed E-state index contributed by atoms with van der Waals surface area (Å²) in [4.78, 5) is 2.74. The molecule has 1 aliphatic rings. The molecule has 134 valence electrons.